The van der Waals surface area contributed by atoms with Crippen LogP contribution in [0.15, 0.2) is 21.9 Å². The monoisotopic (exact) mass is 137 g/mol. The van der Waals surface area contributed by atoms with E-state index in [1.54, 1.807) is 0 Å². The second-order valence-corrected chi connectivity index (χ2v) is 1.74. The fourth-order valence-electron chi connectivity index (χ4n) is 0.705. The van der Waals surface area contributed by atoms with Crippen molar-refractivity contribution in [3.63, 3.8) is 0 Å². The van der Waals surface area contributed by atoms with Crippen LogP contribution in [0.2, 0.25) is 0 Å². The van der Waals surface area contributed by atoms with Crippen LogP contribution in [0.1, 0.15) is 0 Å². The molecule has 0 amide bonds. The van der Waals surface area contributed by atoms with Crippen LogP contribution in [0.25, 0.3) is 11.2 Å². The van der Waals surface area contributed by atoms with Gasteiger partial charge < -0.3 is 9.40 Å². The first-order chi connectivity index (χ1) is 4.88. The molecule has 0 bridgehead atoms. The van der Waals surface area contributed by atoms with Crippen LogP contribution < -0.4 is 5.56 Å². The van der Waals surface area contributed by atoms with Gasteiger partial charge in [-0.25, -0.2) is 9.97 Å². The number of aromatic nitrogens is 3. The van der Waals surface area contributed by atoms with E-state index >= 15 is 0 Å². The number of hydrogen-bond acceptors (Lipinski definition) is 4. The molecule has 0 saturated heterocycles. The standard InChI is InChI=1S/C5H3N3O2/c9-4-3-5(7-1-6-4)10-2-8-3/h1-2H,(H,6,7,9). The minimum Gasteiger partial charge on any atom is -0.425 e. The summed E-state index contributed by atoms with van der Waals surface area (Å²) < 4.78 is 4.76. The number of oxazole rings is 1. The van der Waals surface area contributed by atoms with Gasteiger partial charge in [-0.15, -0.1) is 0 Å². The van der Waals surface area contributed by atoms with Gasteiger partial charge in [0.05, 0.1) is 6.33 Å². The van der Waals surface area contributed by atoms with Gasteiger partial charge in [-0.2, -0.15) is 0 Å². The molecule has 2 heterocycles. The Balaban J connectivity index is 3.09. The molecule has 10 heavy (non-hydrogen) atoms. The van der Waals surface area contributed by atoms with Crippen molar-refractivity contribution in [2.24, 2.45) is 0 Å². The SMILES string of the molecule is O=c1[nH]cnc2ocnc12. The summed E-state index contributed by atoms with van der Waals surface area (Å²) in [5, 5.41) is 0. The molecule has 0 unspecified atom stereocenters. The fourth-order valence-corrected chi connectivity index (χ4v) is 0.705. The Hall–Kier alpha value is -1.65. The highest BCUT2D eigenvalue weighted by molar-refractivity contribution is 5.64. The Morgan fingerprint density at radius 3 is 3.20 bits per heavy atom. The number of nitrogens with one attached hydrogen (secondary N) is 1. The molecule has 0 fully saturated rings. The van der Waals surface area contributed by atoms with E-state index in [9.17, 15) is 4.79 Å². The van der Waals surface area contributed by atoms with Crippen LogP contribution >= 0.6 is 0 Å². The Morgan fingerprint density at radius 1 is 1.50 bits per heavy atom. The number of hydrogen-bond donors (Lipinski definition) is 1. The summed E-state index contributed by atoms with van der Waals surface area (Å²) in [6.07, 6.45) is 2.46. The maximum absolute atomic E-state index is 10.8. The lowest BCUT2D eigenvalue weighted by Gasteiger charge is -1.79. The van der Waals surface area contributed by atoms with E-state index in [1.165, 1.54) is 12.7 Å². The number of nitrogens with zero attached hydrogens (tertiary/aromatic N) is 2. The third-order valence-corrected chi connectivity index (χ3v) is 1.14. The predicted molar refractivity (Wildman–Crippen MR) is 32.4 cm³/mol. The number of H-pyrrole nitrogens is 1. The molecular formula is C5H3N3O2. The summed E-state index contributed by atoms with van der Waals surface area (Å²) in [5.41, 5.74) is 0.227. The highest BCUT2D eigenvalue weighted by atomic mass is 16.3. The topological polar surface area (TPSA) is 71.8 Å². The van der Waals surface area contributed by atoms with Crippen molar-refractivity contribution in [3.05, 3.63) is 23.1 Å². The van der Waals surface area contributed by atoms with Crippen molar-refractivity contribution in [3.8, 4) is 0 Å². The third-order valence-electron chi connectivity index (χ3n) is 1.14. The zero-order chi connectivity index (χ0) is 6.97. The summed E-state index contributed by atoms with van der Waals surface area (Å²) >= 11 is 0. The van der Waals surface area contributed by atoms with Gasteiger partial charge in [-0.05, 0) is 0 Å². The quantitative estimate of drug-likeness (QED) is 0.550. The van der Waals surface area contributed by atoms with Gasteiger partial charge in [-0.1, -0.05) is 0 Å². The Morgan fingerprint density at radius 2 is 2.40 bits per heavy atom. The van der Waals surface area contributed by atoms with E-state index in [1.807, 2.05) is 0 Å². The van der Waals surface area contributed by atoms with E-state index in [0.717, 1.165) is 0 Å². The zero-order valence-electron chi connectivity index (χ0n) is 4.87. The first-order valence-corrected chi connectivity index (χ1v) is 2.65. The lowest BCUT2D eigenvalue weighted by Crippen LogP contribution is -2.05. The van der Waals surface area contributed by atoms with Crippen LogP contribution in [-0.2, 0) is 0 Å². The molecule has 0 aliphatic heterocycles. The minimum absolute atomic E-state index is 0.238. The predicted octanol–water partition coefficient (Wildman–Crippen LogP) is -0.0889. The summed E-state index contributed by atoms with van der Waals surface area (Å²) in [5.74, 6) is 0. The van der Waals surface area contributed by atoms with Gasteiger partial charge in [0, 0.05) is 0 Å². The van der Waals surface area contributed by atoms with Gasteiger partial charge in [-0.3, -0.25) is 4.79 Å². The van der Waals surface area contributed by atoms with Gasteiger partial charge in [0.25, 0.3) is 11.3 Å². The molecule has 2 aromatic heterocycles. The Kier molecular flexibility index (Phi) is 0.858. The molecule has 0 atom stereocenters. The second-order valence-electron chi connectivity index (χ2n) is 1.74. The van der Waals surface area contributed by atoms with Crippen molar-refractivity contribution in [1.82, 2.24) is 15.0 Å². The molecular weight excluding hydrogens is 134 g/mol. The van der Waals surface area contributed by atoms with E-state index in [2.05, 4.69) is 15.0 Å². The van der Waals surface area contributed by atoms with Crippen molar-refractivity contribution >= 4 is 11.2 Å². The molecule has 0 aliphatic carbocycles. The van der Waals surface area contributed by atoms with Crippen molar-refractivity contribution in [1.29, 1.82) is 0 Å². The lowest BCUT2D eigenvalue weighted by atomic mass is 10.6. The summed E-state index contributed by atoms with van der Waals surface area (Å²) in [6, 6.07) is 0. The maximum atomic E-state index is 10.8. The average molecular weight is 137 g/mol. The van der Waals surface area contributed by atoms with Gasteiger partial charge in [0.15, 0.2) is 11.9 Å². The van der Waals surface area contributed by atoms with Crippen molar-refractivity contribution < 1.29 is 4.42 Å². The molecule has 1 N–H and O–H groups in total. The molecule has 2 rings (SSSR count). The first-order valence-electron chi connectivity index (χ1n) is 2.65. The molecule has 50 valence electrons. The van der Waals surface area contributed by atoms with Crippen LogP contribution in [-0.4, -0.2) is 15.0 Å². The van der Waals surface area contributed by atoms with Crippen LogP contribution in [0.5, 0.6) is 0 Å². The summed E-state index contributed by atoms with van der Waals surface area (Å²) in [7, 11) is 0. The van der Waals surface area contributed by atoms with Gasteiger partial charge in [0.1, 0.15) is 0 Å². The second kappa shape index (κ2) is 1.66. The molecule has 0 aromatic carbocycles. The van der Waals surface area contributed by atoms with E-state index in [-0.39, 0.29) is 16.8 Å². The van der Waals surface area contributed by atoms with Crippen molar-refractivity contribution in [2.45, 2.75) is 0 Å². The van der Waals surface area contributed by atoms with Crippen molar-refractivity contribution in [2.75, 3.05) is 0 Å². The van der Waals surface area contributed by atoms with Gasteiger partial charge >= 0.3 is 0 Å². The molecule has 0 spiro atoms. The minimum atomic E-state index is -0.279. The summed E-state index contributed by atoms with van der Waals surface area (Å²) in [6.45, 7) is 0. The largest absolute Gasteiger partial charge is 0.425 e. The maximum Gasteiger partial charge on any atom is 0.280 e. The molecule has 5 nitrogen and oxygen atoms in total. The number of rotatable bonds is 0. The van der Waals surface area contributed by atoms with Gasteiger partial charge in [0.2, 0.25) is 0 Å². The first kappa shape index (κ1) is 5.16. The normalized spacial score (nSPS) is 10.4. The molecule has 0 radical (unpaired) electrons. The smallest absolute Gasteiger partial charge is 0.280 e. The molecule has 0 saturated carbocycles. The highest BCUT2D eigenvalue weighted by Gasteiger charge is 2.00. The zero-order valence-corrected chi connectivity index (χ0v) is 4.87. The van der Waals surface area contributed by atoms with Crippen LogP contribution in [0.3, 0.4) is 0 Å². The Bertz CT molecular complexity index is 402. The van der Waals surface area contributed by atoms with Crippen LogP contribution in [0.4, 0.5) is 0 Å². The molecule has 2 aromatic rings. The summed E-state index contributed by atoms with van der Waals surface area (Å²) in [4.78, 5) is 20.6. The number of aromatic amines is 1. The average Bonchev–Trinajstić information content (AvgIpc) is 2.36. The van der Waals surface area contributed by atoms with E-state index < -0.39 is 0 Å². The number of fused-ring (bicyclic) bond motifs is 1. The third kappa shape index (κ3) is 0.540. The van der Waals surface area contributed by atoms with Crippen LogP contribution in [0, 0.1) is 0 Å². The lowest BCUT2D eigenvalue weighted by molar-refractivity contribution is 0.590. The molecule has 5 heteroatoms. The van der Waals surface area contributed by atoms with E-state index in [0.29, 0.717) is 0 Å². The highest BCUT2D eigenvalue weighted by Crippen LogP contribution is 1.99. The Labute approximate surface area is 54.7 Å². The molecule has 0 aliphatic rings. The van der Waals surface area contributed by atoms with E-state index in [4.69, 9.17) is 4.42 Å². The fraction of sp³-hybridized carbons (Fsp3) is 0.